The molecule has 2 aromatic rings. The monoisotopic (exact) mass is 267 g/mol. The summed E-state index contributed by atoms with van der Waals surface area (Å²) in [4.78, 5) is 17.2. The van der Waals surface area contributed by atoms with E-state index in [0.717, 1.165) is 11.3 Å². The van der Waals surface area contributed by atoms with Gasteiger partial charge < -0.3 is 9.57 Å². The fraction of sp³-hybridized carbons (Fsp3) is 0.0625. The number of hydroxylamine groups is 1. The fourth-order valence-corrected chi connectivity index (χ4v) is 1.91. The van der Waals surface area contributed by atoms with Gasteiger partial charge in [-0.05, 0) is 24.3 Å². The first-order valence-corrected chi connectivity index (χ1v) is 6.27. The number of ether oxygens (including phenoxy) is 1. The van der Waals surface area contributed by atoms with E-state index >= 15 is 0 Å². The molecular formula is C16H13NO3. The molecule has 1 aliphatic heterocycles. The van der Waals surface area contributed by atoms with Crippen LogP contribution in [-0.4, -0.2) is 12.5 Å². The molecule has 0 bridgehead atoms. The zero-order valence-electron chi connectivity index (χ0n) is 10.7. The Bertz CT molecular complexity index is 650. The summed E-state index contributed by atoms with van der Waals surface area (Å²) in [5.74, 6) is 1.06. The standard InChI is InChI=1S/C16H13NO3/c18-16(17-20-14-7-2-1-3-8-14)13-10-12-6-4-5-9-15(12)19-11-13/h1-10H,11H2,(H,17,18). The van der Waals surface area contributed by atoms with Crippen molar-refractivity contribution < 1.29 is 14.4 Å². The van der Waals surface area contributed by atoms with Crippen molar-refractivity contribution in [3.05, 3.63) is 65.7 Å². The molecule has 3 rings (SSSR count). The molecule has 4 heteroatoms. The van der Waals surface area contributed by atoms with Crippen molar-refractivity contribution >= 4 is 12.0 Å². The zero-order chi connectivity index (χ0) is 13.8. The van der Waals surface area contributed by atoms with Gasteiger partial charge in [0.25, 0.3) is 5.91 Å². The molecule has 0 saturated carbocycles. The van der Waals surface area contributed by atoms with E-state index in [1.165, 1.54) is 0 Å². The first kappa shape index (κ1) is 12.3. The third-order valence-electron chi connectivity index (χ3n) is 2.93. The van der Waals surface area contributed by atoms with Gasteiger partial charge in [-0.3, -0.25) is 4.79 Å². The second kappa shape index (κ2) is 5.48. The molecular weight excluding hydrogens is 254 g/mol. The van der Waals surface area contributed by atoms with Gasteiger partial charge in [-0.2, -0.15) is 5.48 Å². The molecule has 1 amide bonds. The van der Waals surface area contributed by atoms with Crippen LogP contribution in [0.15, 0.2) is 60.2 Å². The molecule has 0 saturated heterocycles. The van der Waals surface area contributed by atoms with Crippen molar-refractivity contribution in [1.82, 2.24) is 5.48 Å². The molecule has 0 atom stereocenters. The first-order valence-electron chi connectivity index (χ1n) is 6.27. The topological polar surface area (TPSA) is 47.6 Å². The molecule has 100 valence electrons. The maximum atomic E-state index is 12.0. The molecule has 0 spiro atoms. The highest BCUT2D eigenvalue weighted by Crippen LogP contribution is 2.25. The van der Waals surface area contributed by atoms with Crippen LogP contribution < -0.4 is 15.1 Å². The van der Waals surface area contributed by atoms with Crippen molar-refractivity contribution in [2.24, 2.45) is 0 Å². The Morgan fingerprint density at radius 3 is 2.65 bits per heavy atom. The normalized spacial score (nSPS) is 12.7. The number of hydrogen-bond donors (Lipinski definition) is 1. The van der Waals surface area contributed by atoms with Crippen molar-refractivity contribution in [2.75, 3.05) is 6.61 Å². The molecule has 0 aromatic heterocycles. The summed E-state index contributed by atoms with van der Waals surface area (Å²) in [5.41, 5.74) is 3.83. The Labute approximate surface area is 116 Å². The van der Waals surface area contributed by atoms with E-state index in [2.05, 4.69) is 5.48 Å². The Kier molecular flexibility index (Phi) is 3.37. The van der Waals surface area contributed by atoms with Gasteiger partial charge in [0.2, 0.25) is 0 Å². The molecule has 1 heterocycles. The van der Waals surface area contributed by atoms with Gasteiger partial charge in [-0.1, -0.05) is 36.4 Å². The van der Waals surface area contributed by atoms with Crippen LogP contribution in [0.5, 0.6) is 11.5 Å². The molecule has 0 unspecified atom stereocenters. The lowest BCUT2D eigenvalue weighted by Crippen LogP contribution is -2.31. The van der Waals surface area contributed by atoms with E-state index in [-0.39, 0.29) is 12.5 Å². The van der Waals surface area contributed by atoms with Crippen LogP contribution in [0.25, 0.3) is 6.08 Å². The summed E-state index contributed by atoms with van der Waals surface area (Å²) < 4.78 is 5.52. The lowest BCUT2D eigenvalue weighted by molar-refractivity contribution is -0.124. The SMILES string of the molecule is O=C(NOc1ccccc1)C1=Cc2ccccc2OC1. The van der Waals surface area contributed by atoms with Crippen molar-refractivity contribution in [1.29, 1.82) is 0 Å². The highest BCUT2D eigenvalue weighted by molar-refractivity contribution is 5.98. The Hall–Kier alpha value is -2.75. The Balaban J connectivity index is 1.68. The Morgan fingerprint density at radius 2 is 1.80 bits per heavy atom. The predicted molar refractivity (Wildman–Crippen MR) is 75.1 cm³/mol. The number of rotatable bonds is 3. The summed E-state index contributed by atoms with van der Waals surface area (Å²) in [6, 6.07) is 16.7. The van der Waals surface area contributed by atoms with Crippen LogP contribution in [0.4, 0.5) is 0 Å². The number of benzene rings is 2. The summed E-state index contributed by atoms with van der Waals surface area (Å²) in [7, 11) is 0. The van der Waals surface area contributed by atoms with Crippen molar-refractivity contribution in [3.8, 4) is 11.5 Å². The smallest absolute Gasteiger partial charge is 0.283 e. The number of nitrogens with one attached hydrogen (secondary N) is 1. The van der Waals surface area contributed by atoms with Gasteiger partial charge in [-0.15, -0.1) is 0 Å². The van der Waals surface area contributed by atoms with Crippen LogP contribution >= 0.6 is 0 Å². The van der Waals surface area contributed by atoms with E-state index in [4.69, 9.17) is 9.57 Å². The van der Waals surface area contributed by atoms with E-state index in [1.54, 1.807) is 12.1 Å². The van der Waals surface area contributed by atoms with Crippen molar-refractivity contribution in [3.63, 3.8) is 0 Å². The average molecular weight is 267 g/mol. The third-order valence-corrected chi connectivity index (χ3v) is 2.93. The van der Waals surface area contributed by atoms with Crippen LogP contribution in [0.3, 0.4) is 0 Å². The lowest BCUT2D eigenvalue weighted by atomic mass is 10.1. The van der Waals surface area contributed by atoms with Crippen LogP contribution in [-0.2, 0) is 4.79 Å². The minimum Gasteiger partial charge on any atom is -0.488 e. The summed E-state index contributed by atoms with van der Waals surface area (Å²) >= 11 is 0. The highest BCUT2D eigenvalue weighted by Gasteiger charge is 2.17. The minimum atomic E-state index is -0.302. The molecule has 0 fully saturated rings. The van der Waals surface area contributed by atoms with Gasteiger partial charge in [0.05, 0.1) is 5.57 Å². The van der Waals surface area contributed by atoms with E-state index in [1.807, 2.05) is 48.5 Å². The number of para-hydroxylation sites is 2. The Morgan fingerprint density at radius 1 is 1.05 bits per heavy atom. The molecule has 1 N–H and O–H groups in total. The zero-order valence-corrected chi connectivity index (χ0v) is 10.7. The third kappa shape index (κ3) is 2.64. The van der Waals surface area contributed by atoms with E-state index in [0.29, 0.717) is 11.3 Å². The number of carbonyl (C=O) groups excluding carboxylic acids is 1. The molecule has 0 radical (unpaired) electrons. The summed E-state index contributed by atoms with van der Waals surface area (Å²) in [6.07, 6.45) is 1.81. The van der Waals surface area contributed by atoms with Gasteiger partial charge >= 0.3 is 0 Å². The molecule has 1 aliphatic rings. The first-order chi connectivity index (χ1) is 9.83. The number of carbonyl (C=O) groups is 1. The maximum absolute atomic E-state index is 12.0. The van der Waals surface area contributed by atoms with E-state index < -0.39 is 0 Å². The lowest BCUT2D eigenvalue weighted by Gasteiger charge is -2.17. The number of hydrogen-bond acceptors (Lipinski definition) is 3. The summed E-state index contributed by atoms with van der Waals surface area (Å²) in [5, 5.41) is 0. The van der Waals surface area contributed by atoms with Gasteiger partial charge in [-0.25, -0.2) is 0 Å². The van der Waals surface area contributed by atoms with Gasteiger partial charge in [0, 0.05) is 5.56 Å². The van der Waals surface area contributed by atoms with Crippen LogP contribution in [0.1, 0.15) is 5.56 Å². The van der Waals surface area contributed by atoms with Gasteiger partial charge in [0.15, 0.2) is 5.75 Å². The van der Waals surface area contributed by atoms with E-state index in [9.17, 15) is 4.79 Å². The second-order valence-corrected chi connectivity index (χ2v) is 4.34. The molecule has 20 heavy (non-hydrogen) atoms. The van der Waals surface area contributed by atoms with Crippen LogP contribution in [0.2, 0.25) is 0 Å². The second-order valence-electron chi connectivity index (χ2n) is 4.34. The highest BCUT2D eigenvalue weighted by atomic mass is 16.7. The largest absolute Gasteiger partial charge is 0.488 e. The molecule has 2 aromatic carbocycles. The average Bonchev–Trinajstić information content (AvgIpc) is 2.53. The fourth-order valence-electron chi connectivity index (χ4n) is 1.91. The molecule has 0 aliphatic carbocycles. The number of amides is 1. The van der Waals surface area contributed by atoms with Gasteiger partial charge in [0.1, 0.15) is 12.4 Å². The summed E-state index contributed by atoms with van der Waals surface area (Å²) in [6.45, 7) is 0.237. The minimum absolute atomic E-state index is 0.237. The predicted octanol–water partition coefficient (Wildman–Crippen LogP) is 2.57. The van der Waals surface area contributed by atoms with Crippen LogP contribution in [0, 0.1) is 0 Å². The van der Waals surface area contributed by atoms with Crippen molar-refractivity contribution in [2.45, 2.75) is 0 Å². The maximum Gasteiger partial charge on any atom is 0.283 e. The quantitative estimate of drug-likeness (QED) is 0.869. The molecule has 4 nitrogen and oxygen atoms in total. The number of fused-ring (bicyclic) bond motifs is 1.